The molecule has 1 aromatic heterocycles. The molecule has 3 fully saturated rings. The van der Waals surface area contributed by atoms with Gasteiger partial charge in [-0.15, -0.1) is 11.8 Å². The monoisotopic (exact) mass is 618 g/mol. The number of carbonyl (C=O) groups is 2. The SMILES string of the molecule is O=C1[C@H]2[C@H]3C[C@@H]([C@@H]2C(=O)N1c1ccc(Cl)cc1)[C@@H]1[C@H](c2ccc(Cl)cc2)c2sc(=O)n(Cc4ccccc4)c2S[C@@H]31. The molecule has 2 amide bonds. The average Bonchev–Trinajstić information content (AvgIpc) is 3.69. The van der Waals surface area contributed by atoms with Crippen molar-refractivity contribution in [2.24, 2.45) is 29.6 Å². The van der Waals surface area contributed by atoms with Crippen molar-refractivity contribution in [1.29, 1.82) is 0 Å². The fourth-order valence-electron chi connectivity index (χ4n) is 7.91. The number of benzene rings is 3. The Morgan fingerprint density at radius 2 is 1.41 bits per heavy atom. The minimum atomic E-state index is -0.343. The largest absolute Gasteiger partial charge is 0.308 e. The molecule has 0 radical (unpaired) electrons. The van der Waals surface area contributed by atoms with E-state index < -0.39 is 0 Å². The van der Waals surface area contributed by atoms with Gasteiger partial charge < -0.3 is 0 Å². The lowest BCUT2D eigenvalue weighted by Crippen LogP contribution is -2.43. The minimum Gasteiger partial charge on any atom is -0.289 e. The second-order valence-electron chi connectivity index (χ2n) is 11.4. The molecule has 3 heterocycles. The van der Waals surface area contributed by atoms with Crippen LogP contribution in [0.15, 0.2) is 88.7 Å². The lowest BCUT2D eigenvalue weighted by Gasteiger charge is -2.43. The lowest BCUT2D eigenvalue weighted by molar-refractivity contribution is -0.123. The Balaban J connectivity index is 1.23. The minimum absolute atomic E-state index is 0.0268. The summed E-state index contributed by atoms with van der Waals surface area (Å²) in [6.07, 6.45) is 0.853. The number of nitrogens with zero attached hydrogens (tertiary/aromatic N) is 2. The van der Waals surface area contributed by atoms with E-state index in [-0.39, 0.29) is 57.4 Å². The Bertz CT molecular complexity index is 1750. The Morgan fingerprint density at radius 1 is 0.780 bits per heavy atom. The maximum Gasteiger partial charge on any atom is 0.308 e. The molecule has 2 bridgehead atoms. The van der Waals surface area contributed by atoms with E-state index >= 15 is 0 Å². The molecular formula is C32H24Cl2N2O3S2. The molecule has 4 aromatic rings. The Morgan fingerprint density at radius 3 is 2.10 bits per heavy atom. The van der Waals surface area contributed by atoms with Gasteiger partial charge in [-0.05, 0) is 71.7 Å². The van der Waals surface area contributed by atoms with Gasteiger partial charge in [-0.25, -0.2) is 0 Å². The molecule has 2 aliphatic heterocycles. The molecule has 1 saturated heterocycles. The predicted molar refractivity (Wildman–Crippen MR) is 163 cm³/mol. The highest BCUT2D eigenvalue weighted by atomic mass is 35.5. The molecule has 9 heteroatoms. The summed E-state index contributed by atoms with van der Waals surface area (Å²) < 4.78 is 1.91. The van der Waals surface area contributed by atoms with E-state index in [1.165, 1.54) is 16.2 Å². The summed E-state index contributed by atoms with van der Waals surface area (Å²) >= 11 is 15.5. The van der Waals surface area contributed by atoms with Crippen molar-refractivity contribution in [2.45, 2.75) is 29.2 Å². The van der Waals surface area contributed by atoms with Crippen LogP contribution in [0.4, 0.5) is 5.69 Å². The van der Waals surface area contributed by atoms with Crippen LogP contribution in [0.1, 0.15) is 28.3 Å². The van der Waals surface area contributed by atoms with Crippen LogP contribution in [0.5, 0.6) is 0 Å². The van der Waals surface area contributed by atoms with Crippen LogP contribution in [0.3, 0.4) is 0 Å². The highest BCUT2D eigenvalue weighted by Gasteiger charge is 2.69. The zero-order valence-electron chi connectivity index (χ0n) is 21.7. The molecule has 0 N–H and O–H groups in total. The molecule has 0 unspecified atom stereocenters. The van der Waals surface area contributed by atoms with Crippen molar-refractivity contribution >= 4 is 63.8 Å². The third-order valence-corrected chi connectivity index (χ3v) is 12.7. The second-order valence-corrected chi connectivity index (χ2v) is 14.4. The van der Waals surface area contributed by atoms with Crippen molar-refractivity contribution in [3.05, 3.63) is 115 Å². The summed E-state index contributed by atoms with van der Waals surface area (Å²) in [6.45, 7) is 0.505. The molecule has 0 spiro atoms. The van der Waals surface area contributed by atoms with Crippen LogP contribution in [0.25, 0.3) is 0 Å². The Hall–Kier alpha value is -2.84. The summed E-state index contributed by atoms with van der Waals surface area (Å²) in [5, 5.41) is 2.36. The van der Waals surface area contributed by atoms with Crippen molar-refractivity contribution in [1.82, 2.24) is 4.57 Å². The quantitative estimate of drug-likeness (QED) is 0.232. The van der Waals surface area contributed by atoms with Crippen LogP contribution < -0.4 is 9.77 Å². The zero-order chi connectivity index (χ0) is 28.0. The van der Waals surface area contributed by atoms with Crippen LogP contribution >= 0.6 is 46.3 Å². The number of thiazole rings is 1. The lowest BCUT2D eigenvalue weighted by atomic mass is 9.68. The molecule has 2 saturated carbocycles. The summed E-state index contributed by atoms with van der Waals surface area (Å²) in [5.41, 5.74) is 2.76. The Labute approximate surface area is 255 Å². The number of hydrogen-bond donors (Lipinski definition) is 0. The number of halogens is 2. The first kappa shape index (κ1) is 25.8. The highest BCUT2D eigenvalue weighted by Crippen LogP contribution is 2.69. The number of anilines is 1. The van der Waals surface area contributed by atoms with Crippen molar-refractivity contribution in [3.8, 4) is 0 Å². The summed E-state index contributed by atoms with van der Waals surface area (Å²) in [6, 6.07) is 24.9. The van der Waals surface area contributed by atoms with Crippen LogP contribution in [-0.4, -0.2) is 21.6 Å². The molecule has 41 heavy (non-hydrogen) atoms. The van der Waals surface area contributed by atoms with Crippen LogP contribution in [0, 0.1) is 29.6 Å². The van der Waals surface area contributed by atoms with Gasteiger partial charge in [0.25, 0.3) is 0 Å². The van der Waals surface area contributed by atoms with Gasteiger partial charge in [0, 0.05) is 26.1 Å². The summed E-state index contributed by atoms with van der Waals surface area (Å²) in [4.78, 5) is 43.8. The number of aromatic nitrogens is 1. The first-order chi connectivity index (χ1) is 19.9. The van der Waals surface area contributed by atoms with Gasteiger partial charge in [-0.1, -0.05) is 77.0 Å². The number of hydrogen-bond acceptors (Lipinski definition) is 5. The third-order valence-electron chi connectivity index (χ3n) is 9.45. The number of amides is 2. The normalized spacial score (nSPS) is 29.5. The Kier molecular flexibility index (Phi) is 6.05. The number of thioether (sulfide) groups is 1. The summed E-state index contributed by atoms with van der Waals surface area (Å²) in [7, 11) is 0. The topological polar surface area (TPSA) is 59.4 Å². The van der Waals surface area contributed by atoms with E-state index in [4.69, 9.17) is 23.2 Å². The second kappa shape index (κ2) is 9.60. The van der Waals surface area contributed by atoms with E-state index in [0.29, 0.717) is 22.3 Å². The maximum absolute atomic E-state index is 13.9. The van der Waals surface area contributed by atoms with Gasteiger partial charge in [0.15, 0.2) is 0 Å². The van der Waals surface area contributed by atoms with Gasteiger partial charge in [0.05, 0.1) is 29.1 Å². The van der Waals surface area contributed by atoms with Gasteiger partial charge in [0.2, 0.25) is 11.8 Å². The molecule has 206 valence electrons. The number of fused-ring (bicyclic) bond motifs is 9. The van der Waals surface area contributed by atoms with Crippen LogP contribution in [-0.2, 0) is 16.1 Å². The molecule has 5 nitrogen and oxygen atoms in total. The molecule has 8 rings (SSSR count). The van der Waals surface area contributed by atoms with E-state index in [1.807, 2.05) is 47.0 Å². The molecule has 4 aliphatic rings. The van der Waals surface area contributed by atoms with Crippen molar-refractivity contribution in [2.75, 3.05) is 4.90 Å². The first-order valence-electron chi connectivity index (χ1n) is 13.7. The van der Waals surface area contributed by atoms with Crippen molar-refractivity contribution < 1.29 is 9.59 Å². The predicted octanol–water partition coefficient (Wildman–Crippen LogP) is 6.94. The van der Waals surface area contributed by atoms with Crippen LogP contribution in [0.2, 0.25) is 10.0 Å². The fraction of sp³-hybridized carbons (Fsp3) is 0.281. The average molecular weight is 620 g/mol. The third kappa shape index (κ3) is 3.86. The molecule has 3 aromatic carbocycles. The number of carbonyl (C=O) groups excluding carboxylic acids is 2. The van der Waals surface area contributed by atoms with E-state index in [2.05, 4.69) is 12.1 Å². The smallest absolute Gasteiger partial charge is 0.289 e. The first-order valence-corrected chi connectivity index (χ1v) is 16.2. The number of imide groups is 1. The van der Waals surface area contributed by atoms with Gasteiger partial charge in [-0.2, -0.15) is 0 Å². The van der Waals surface area contributed by atoms with Gasteiger partial charge in [-0.3, -0.25) is 23.9 Å². The fourth-order valence-corrected chi connectivity index (χ4v) is 11.3. The maximum atomic E-state index is 13.9. The highest BCUT2D eigenvalue weighted by molar-refractivity contribution is 8.00. The summed E-state index contributed by atoms with van der Waals surface area (Å²) in [5.74, 6) is -0.649. The van der Waals surface area contributed by atoms with E-state index in [0.717, 1.165) is 27.5 Å². The number of rotatable bonds is 4. The van der Waals surface area contributed by atoms with E-state index in [1.54, 1.807) is 36.0 Å². The van der Waals surface area contributed by atoms with Gasteiger partial charge >= 0.3 is 4.87 Å². The standard InChI is InChI=1S/C32H24Cl2N2O3S2/c33-18-8-6-17(7-9-18)23-24-21-14-22(26-25(21)29(37)36(30(26)38)20-12-10-19(34)11-13-20)27(24)40-31-28(23)41-32(39)35(31)15-16-4-2-1-3-5-16/h1-13,21-27H,14-15H2/t21-,22-,23+,24-,25+,26+,27+/m1/s1. The van der Waals surface area contributed by atoms with Gasteiger partial charge in [0.1, 0.15) is 0 Å². The molecule has 2 aliphatic carbocycles. The van der Waals surface area contributed by atoms with E-state index in [9.17, 15) is 14.4 Å². The van der Waals surface area contributed by atoms with Crippen molar-refractivity contribution in [3.63, 3.8) is 0 Å². The molecule has 7 atom stereocenters. The zero-order valence-corrected chi connectivity index (χ0v) is 24.8. The molecular weight excluding hydrogens is 595 g/mol.